The second kappa shape index (κ2) is 88.6. The number of amides is 12. The predicted octanol–water partition coefficient (Wildman–Crippen LogP) is 4.25. The monoisotopic (exact) mass is 2290 g/mol. The summed E-state index contributed by atoms with van der Waals surface area (Å²) in [5, 5.41) is 129. The summed E-state index contributed by atoms with van der Waals surface area (Å²) in [5.41, 5.74) is 3.82. The van der Waals surface area contributed by atoms with Crippen molar-refractivity contribution in [3.05, 3.63) is 124 Å². The molecule has 0 fully saturated rings. The van der Waals surface area contributed by atoms with Crippen LogP contribution < -0.4 is 69.1 Å². The van der Waals surface area contributed by atoms with Crippen LogP contribution in [0.2, 0.25) is 0 Å². The Hall–Kier alpha value is -13.3. The Labute approximate surface area is 817 Å². The zero-order valence-corrected chi connectivity index (χ0v) is 79.8. The van der Waals surface area contributed by atoms with Gasteiger partial charge in [-0.05, 0) is 229 Å². The highest BCUT2D eigenvalue weighted by Gasteiger charge is 2.26. The second-order valence-electron chi connectivity index (χ2n) is 25.6. The fourth-order valence-electron chi connectivity index (χ4n) is 9.10. The minimum atomic E-state index is -1.28. The number of rotatable bonds is 51. The Morgan fingerprint density at radius 1 is 0.385 bits per heavy atom. The Morgan fingerprint density at radius 3 is 1.00 bits per heavy atom. The van der Waals surface area contributed by atoms with E-state index in [1.807, 2.05) is 53.1 Å². The number of carbonyl (C=O) groups is 16. The smallest absolute Gasteiger partial charge is 0.373 e. The van der Waals surface area contributed by atoms with Gasteiger partial charge in [-0.3, -0.25) is 24.0 Å². The van der Waals surface area contributed by atoms with E-state index in [0.717, 1.165) is 65.6 Å². The maximum Gasteiger partial charge on any atom is 0.373 e. The average molecular weight is 2290 g/mol. The van der Waals surface area contributed by atoms with Gasteiger partial charge in [-0.1, -0.05) is 36.8 Å². The van der Waals surface area contributed by atoms with Crippen molar-refractivity contribution >= 4 is 224 Å². The van der Waals surface area contributed by atoms with Crippen molar-refractivity contribution in [3.63, 3.8) is 0 Å². The number of aromatic hydroxyl groups is 1. The van der Waals surface area contributed by atoms with Crippen LogP contribution in [0, 0.1) is 16.5 Å². The van der Waals surface area contributed by atoms with Gasteiger partial charge in [0.1, 0.15) is 41.8 Å². The van der Waals surface area contributed by atoms with Crippen LogP contribution in [-0.4, -0.2) is 277 Å². The van der Waals surface area contributed by atoms with Gasteiger partial charge in [0.2, 0.25) is 0 Å². The van der Waals surface area contributed by atoms with Crippen LogP contribution in [-0.2, 0) is 115 Å². The van der Waals surface area contributed by atoms with Crippen LogP contribution in [0.3, 0.4) is 0 Å². The molecule has 5 atom stereocenters. The SMILES string of the molecule is O=C(O)CC[C@H](NC(=O)NCCCCCNC(=O)Nc1ccc([131I])cc1)C(=O)O.O=C(O)CC[C@H](NC(=O)NCCCCCNCc1ccc([123I])cc1)C(=O)O.O=C(O)CC[C@H](NC(=O)NCCSCc1ccc([18F])cc1)C(=O)O.O=C(O)CC[C@H](NC(=O)NCCc1ccc(O)c([125I])c1)C(=O)O.O=C=O.O=C=O.O=C=O.O=C=O.O=C=O.[11CH3]SCCNC(=O)N[C@@H](CCC(=O)O)C(=O)O. The number of nitrogens with one attached hydrogen (secondary N) is 13. The molecule has 0 aromatic heterocycles. The maximum absolute atomic E-state index is 12.7. The first-order valence-corrected chi connectivity index (χ1v) is 44.6. The molecule has 0 bridgehead atoms. The molecule has 4 rings (SSSR count). The van der Waals surface area contributed by atoms with Crippen LogP contribution in [0.5, 0.6) is 5.75 Å². The zero-order chi connectivity index (χ0) is 104. The Balaban J connectivity index is -0.000000373. The summed E-state index contributed by atoms with van der Waals surface area (Å²) in [6.07, 6.45) is 5.97. The number of unbranched alkanes of at least 4 members (excludes halogenated alkanes) is 4. The number of carbonyl (C=O) groups excluding carboxylic acids is 16. The van der Waals surface area contributed by atoms with E-state index in [1.165, 1.54) is 33.0 Å². The van der Waals surface area contributed by atoms with Gasteiger partial charge in [0.25, 0.3) is 0 Å². The number of phenolic OH excluding ortho intramolecular Hbond substituents is 1. The van der Waals surface area contributed by atoms with Crippen molar-refractivity contribution in [2.45, 2.75) is 152 Å². The van der Waals surface area contributed by atoms with Crippen LogP contribution >= 0.6 is 91.3 Å². The Kier molecular flexibility index (Phi) is 86.9. The van der Waals surface area contributed by atoms with E-state index in [1.54, 1.807) is 42.1 Å². The van der Waals surface area contributed by atoms with Gasteiger partial charge in [0, 0.05) is 108 Å². The van der Waals surface area contributed by atoms with Gasteiger partial charge in [-0.25, -0.2) is 57.1 Å². The summed E-state index contributed by atoms with van der Waals surface area (Å²) >= 11 is 9.52. The summed E-state index contributed by atoms with van der Waals surface area (Å²) in [5.74, 6) is -10.0. The lowest BCUT2D eigenvalue weighted by atomic mass is 10.1. The van der Waals surface area contributed by atoms with Crippen molar-refractivity contribution in [1.29, 1.82) is 0 Å². The van der Waals surface area contributed by atoms with E-state index in [0.29, 0.717) is 66.3 Å². The summed E-state index contributed by atoms with van der Waals surface area (Å²) in [7, 11) is 0. The third-order valence-corrected chi connectivity index (χ3v) is 19.3. The van der Waals surface area contributed by atoms with Crippen molar-refractivity contribution in [3.8, 4) is 5.75 Å². The number of phenols is 1. The van der Waals surface area contributed by atoms with E-state index in [2.05, 4.69) is 139 Å². The molecule has 4 aromatic rings. The molecule has 0 saturated heterocycles. The molecule has 56 heteroatoms. The third-order valence-electron chi connectivity index (χ3n) is 15.4. The van der Waals surface area contributed by atoms with E-state index in [-0.39, 0.29) is 119 Å². The van der Waals surface area contributed by atoms with Gasteiger partial charge >= 0.3 is 127 Å². The molecule has 0 spiro atoms. The molecule has 746 valence electrons. The molecule has 0 saturated carbocycles. The number of carboxylic acid groups (broad SMARTS) is 10. The number of aliphatic carboxylic acids is 10. The molecule has 0 aliphatic heterocycles. The molecule has 4 aromatic carbocycles. The number of hydrogen-bond acceptors (Lipinski definition) is 30. The number of benzene rings is 4. The standard InChI is InChI=1S/C18H25IN4O6.C18H26IN3O5.C15H19FN2O5S.C14H17IN2O6.C9H16N2O5S.5CO2/c19-12-4-6-13(7-5-12)22-17(28)20-10-2-1-3-11-21-18(29)23-14(16(26)27)8-9-15(24)25;19-14-6-4-13(5-7-14)12-20-10-2-1-3-11-21-18(27)22-15(17(25)26)8-9-16(23)24;16-11-3-1-10(2-4-11)9-24-8-7-17-15(23)18-12(14(21)22)5-6-13(19)20;15-9-7-8(1-3-11(9)18)5-6-16-14(23)17-10(13(21)22)2-4-12(19)20;1-17-5-4-10-9(16)11-6(8(14)15)2-3-7(12)13;5*2-1-3/h4-7,14H,1-3,8-11H2,(H,24,25)(H,26,27)(H2,20,22,28)(H2,21,23,29);4-7,15,20H,1-3,8-12H2,(H,23,24)(H,25,26)(H2,21,22,27);1-4,12H,5-9H2,(H,19,20)(H,21,22)(H2,17,18,23);1,3,7,10,18H,2,4-6H2,(H,19,20)(H,21,22)(H2,16,17,23);6H,2-5H2,1H3,(H,12,13)(H,14,15)(H2,10,11,16);;;;;/t14-;15-;12-;10-;6-;;;;;/m00000...../s1/i19+4;19-4;16-1;15-2;1-1;;;;;. The van der Waals surface area contributed by atoms with Crippen molar-refractivity contribution in [1.82, 2.24) is 63.8 Å². The van der Waals surface area contributed by atoms with Crippen LogP contribution in [0.1, 0.15) is 119 Å². The summed E-state index contributed by atoms with van der Waals surface area (Å²) in [6, 6.07) is 17.4. The molecule has 0 heterocycles. The van der Waals surface area contributed by atoms with Gasteiger partial charge < -0.3 is 125 Å². The van der Waals surface area contributed by atoms with E-state index < -0.39 is 120 Å². The molecule has 0 radical (unpaired) electrons. The zero-order valence-electron chi connectivity index (χ0n) is 71.7. The number of hydrogen-bond donors (Lipinski definition) is 24. The van der Waals surface area contributed by atoms with Crippen LogP contribution in [0.4, 0.5) is 38.8 Å². The van der Waals surface area contributed by atoms with Gasteiger partial charge in [0.15, 0.2) is 0 Å². The van der Waals surface area contributed by atoms with Crippen LogP contribution in [0.15, 0.2) is 91.0 Å². The van der Waals surface area contributed by atoms with Crippen molar-refractivity contribution in [2.24, 2.45) is 0 Å². The van der Waals surface area contributed by atoms with Gasteiger partial charge in [-0.15, -0.1) is 0 Å². The minimum Gasteiger partial charge on any atom is -0.507 e. The number of halogens is 4. The lowest BCUT2D eigenvalue weighted by Crippen LogP contribution is -2.46. The summed E-state index contributed by atoms with van der Waals surface area (Å²) < 4.78 is 15.7. The number of thioether (sulfide) groups is 2. The van der Waals surface area contributed by atoms with Crippen molar-refractivity contribution < 1.29 is 185 Å². The molecular formula is C79H103FI3N13O37S2. The third kappa shape index (κ3) is 88.4. The molecule has 0 unspecified atom stereocenters. The van der Waals surface area contributed by atoms with Gasteiger partial charge in [0.05, 0.1) is 3.57 Å². The molecule has 0 aliphatic carbocycles. The highest BCUT2D eigenvalue weighted by molar-refractivity contribution is 14.1. The second-order valence-corrected chi connectivity index (χ2v) is 31.3. The first-order chi connectivity index (χ1) is 63.9. The molecule has 135 heavy (non-hydrogen) atoms. The van der Waals surface area contributed by atoms with Gasteiger partial charge in [-0.2, -0.15) is 71.5 Å². The predicted molar refractivity (Wildman–Crippen MR) is 489 cm³/mol. The average Bonchev–Trinajstić information content (AvgIpc) is 0.882. The topological polar surface area (TPSA) is 823 Å². The van der Waals surface area contributed by atoms with E-state index in [4.69, 9.17) is 99.0 Å². The minimum absolute atomic E-state index is 0.138. The molecule has 24 N–H and O–H groups in total. The summed E-state index contributed by atoms with van der Waals surface area (Å²) in [4.78, 5) is 258. The first-order valence-electron chi connectivity index (χ1n) is 38.8. The highest BCUT2D eigenvalue weighted by atomic mass is 131. The largest absolute Gasteiger partial charge is 0.507 e. The lowest BCUT2D eigenvalue weighted by Gasteiger charge is -2.14. The number of urea groups is 6. The normalized spacial score (nSPS) is 10.5. The van der Waals surface area contributed by atoms with Crippen molar-refractivity contribution in [2.75, 3.05) is 68.9 Å². The quantitative estimate of drug-likeness (QED) is 0.0217. The molecule has 50 nitrogen and oxygen atoms in total. The lowest BCUT2D eigenvalue weighted by molar-refractivity contribution is -0.193. The summed E-state index contributed by atoms with van der Waals surface area (Å²) in [6.45, 7) is 4.00. The van der Waals surface area contributed by atoms with E-state index >= 15 is 0 Å². The van der Waals surface area contributed by atoms with Crippen LogP contribution in [0.25, 0.3) is 0 Å². The maximum atomic E-state index is 12.7. The number of carboxylic acids is 10. The first kappa shape index (κ1) is 132. The number of anilines is 1. The Morgan fingerprint density at radius 2 is 0.681 bits per heavy atom. The molecule has 12 amide bonds. The molecule has 0 aliphatic rings. The Bertz CT molecular complexity index is 4350. The molecular weight excluding hydrogens is 2180 g/mol. The fourth-order valence-corrected chi connectivity index (χ4v) is 11.5. The highest BCUT2D eigenvalue weighted by Crippen LogP contribution is 2.21. The van der Waals surface area contributed by atoms with E-state index in [9.17, 15) is 86.2 Å². The fraction of sp³-hybridized carbons (Fsp3) is 0.430.